The van der Waals surface area contributed by atoms with Gasteiger partial charge in [0, 0.05) is 37.4 Å². The number of amides is 1. The number of hydrogen-bond acceptors (Lipinski definition) is 2. The molecule has 1 atom stereocenters. The maximum Gasteiger partial charge on any atom is 0.226 e. The first-order valence-corrected chi connectivity index (χ1v) is 11.6. The Labute approximate surface area is 180 Å². The second-order valence-electron chi connectivity index (χ2n) is 9.15. The van der Waals surface area contributed by atoms with Gasteiger partial charge in [-0.25, -0.2) is 0 Å². The van der Waals surface area contributed by atoms with Crippen LogP contribution in [0, 0.1) is 11.8 Å². The van der Waals surface area contributed by atoms with Crippen molar-refractivity contribution in [2.45, 2.75) is 45.8 Å². The van der Waals surface area contributed by atoms with E-state index in [0.717, 1.165) is 51.3 Å². The van der Waals surface area contributed by atoms with E-state index in [1.165, 1.54) is 24.0 Å². The van der Waals surface area contributed by atoms with Gasteiger partial charge in [-0.3, -0.25) is 4.79 Å². The van der Waals surface area contributed by atoms with Gasteiger partial charge in [0.15, 0.2) is 0 Å². The highest BCUT2D eigenvalue weighted by molar-refractivity contribution is 5.79. The Balaban J connectivity index is 1.25. The number of carbonyl (C=O) groups is 1. The van der Waals surface area contributed by atoms with E-state index in [0.29, 0.717) is 18.4 Å². The predicted molar refractivity (Wildman–Crippen MR) is 119 cm³/mol. The molecule has 160 valence electrons. The van der Waals surface area contributed by atoms with Crippen molar-refractivity contribution in [1.82, 2.24) is 4.90 Å². The van der Waals surface area contributed by atoms with Gasteiger partial charge >= 0.3 is 0 Å². The number of rotatable bonds is 6. The summed E-state index contributed by atoms with van der Waals surface area (Å²) in [6, 6.07) is 18.8. The van der Waals surface area contributed by atoms with Crippen molar-refractivity contribution in [2.75, 3.05) is 26.2 Å². The van der Waals surface area contributed by atoms with Crippen molar-refractivity contribution in [3.8, 4) is 5.75 Å². The summed E-state index contributed by atoms with van der Waals surface area (Å²) in [7, 11) is 0. The van der Waals surface area contributed by atoms with E-state index in [9.17, 15) is 4.79 Å². The molecule has 0 aliphatic carbocycles. The summed E-state index contributed by atoms with van der Waals surface area (Å²) in [5.74, 6) is 2.24. The number of nitrogens with zero attached hydrogens (tertiary/aromatic N) is 1. The van der Waals surface area contributed by atoms with E-state index in [4.69, 9.17) is 4.74 Å². The van der Waals surface area contributed by atoms with Crippen molar-refractivity contribution in [1.29, 1.82) is 0 Å². The summed E-state index contributed by atoms with van der Waals surface area (Å²) >= 11 is 0. The van der Waals surface area contributed by atoms with E-state index in [1.807, 2.05) is 24.3 Å². The third kappa shape index (κ3) is 5.63. The molecule has 4 nitrogen and oxygen atoms in total. The number of benzene rings is 2. The zero-order valence-corrected chi connectivity index (χ0v) is 18.2. The summed E-state index contributed by atoms with van der Waals surface area (Å²) in [6.07, 6.45) is 4.46. The van der Waals surface area contributed by atoms with Crippen LogP contribution < -0.4 is 9.64 Å². The maximum absolute atomic E-state index is 12.9. The van der Waals surface area contributed by atoms with Crippen molar-refractivity contribution >= 4 is 5.91 Å². The lowest BCUT2D eigenvalue weighted by molar-refractivity contribution is -0.919. The molecular weight excluding hydrogens is 372 g/mol. The Morgan fingerprint density at radius 1 is 1.03 bits per heavy atom. The van der Waals surface area contributed by atoms with Crippen LogP contribution in [0.1, 0.15) is 43.7 Å². The topological polar surface area (TPSA) is 34.0 Å². The quantitative estimate of drug-likeness (QED) is 0.797. The Morgan fingerprint density at radius 3 is 2.57 bits per heavy atom. The minimum absolute atomic E-state index is 0.236. The Bertz CT molecular complexity index is 815. The summed E-state index contributed by atoms with van der Waals surface area (Å²) in [4.78, 5) is 16.6. The number of carbonyl (C=O) groups excluding carboxylic acids is 1. The van der Waals surface area contributed by atoms with Crippen LogP contribution in [0.5, 0.6) is 5.75 Å². The lowest BCUT2D eigenvalue weighted by Crippen LogP contribution is -3.11. The van der Waals surface area contributed by atoms with Crippen molar-refractivity contribution in [3.63, 3.8) is 0 Å². The molecule has 2 aliphatic rings. The van der Waals surface area contributed by atoms with Crippen LogP contribution in [-0.2, 0) is 17.9 Å². The SMILES string of the molecule is C[C@H]1CCCN(C(=O)C2CC[NH+](Cc3cccc(OCc4ccccc4)c3)CC2)C1. The molecule has 1 N–H and O–H groups in total. The lowest BCUT2D eigenvalue weighted by Gasteiger charge is -2.36. The van der Waals surface area contributed by atoms with Gasteiger partial charge in [-0.15, -0.1) is 0 Å². The van der Waals surface area contributed by atoms with Crippen LogP contribution in [0.2, 0.25) is 0 Å². The highest BCUT2D eigenvalue weighted by Crippen LogP contribution is 2.21. The average molecular weight is 408 g/mol. The molecule has 0 saturated carbocycles. The highest BCUT2D eigenvalue weighted by atomic mass is 16.5. The first kappa shape index (κ1) is 20.9. The van der Waals surface area contributed by atoms with Crippen molar-refractivity contribution in [3.05, 3.63) is 65.7 Å². The fourth-order valence-corrected chi connectivity index (χ4v) is 4.87. The molecule has 2 heterocycles. The summed E-state index contributed by atoms with van der Waals surface area (Å²) in [6.45, 7) is 7.95. The standard InChI is InChI=1S/C26H34N2O2/c1-21-7-6-14-28(18-21)26(29)24-12-15-27(16-13-24)19-23-10-5-11-25(17-23)30-20-22-8-3-2-4-9-22/h2-5,8-11,17,21,24H,6-7,12-16,18-20H2,1H3/p+1/t21-/m0/s1. The molecule has 0 bridgehead atoms. The number of hydrogen-bond donors (Lipinski definition) is 1. The molecule has 30 heavy (non-hydrogen) atoms. The van der Waals surface area contributed by atoms with Crippen LogP contribution in [0.15, 0.2) is 54.6 Å². The molecule has 0 unspecified atom stereocenters. The largest absolute Gasteiger partial charge is 0.489 e. The molecule has 2 aromatic carbocycles. The molecule has 2 saturated heterocycles. The number of ether oxygens (including phenoxy) is 1. The zero-order valence-electron chi connectivity index (χ0n) is 18.2. The third-order valence-corrected chi connectivity index (χ3v) is 6.61. The predicted octanol–water partition coefficient (Wildman–Crippen LogP) is 3.32. The molecule has 2 aromatic rings. The Morgan fingerprint density at radius 2 is 1.80 bits per heavy atom. The minimum Gasteiger partial charge on any atom is -0.489 e. The number of likely N-dealkylation sites (tertiary alicyclic amines) is 2. The van der Waals surface area contributed by atoms with Crippen LogP contribution in [0.4, 0.5) is 0 Å². The van der Waals surface area contributed by atoms with Gasteiger partial charge in [0.05, 0.1) is 13.1 Å². The van der Waals surface area contributed by atoms with Gasteiger partial charge in [0.2, 0.25) is 5.91 Å². The van der Waals surface area contributed by atoms with Crippen LogP contribution in [0.3, 0.4) is 0 Å². The van der Waals surface area contributed by atoms with Crippen molar-refractivity contribution in [2.24, 2.45) is 11.8 Å². The Hall–Kier alpha value is -2.33. The zero-order chi connectivity index (χ0) is 20.8. The molecule has 2 fully saturated rings. The van der Waals surface area contributed by atoms with E-state index >= 15 is 0 Å². The summed E-state index contributed by atoms with van der Waals surface area (Å²) in [5, 5.41) is 0. The van der Waals surface area contributed by atoms with Gasteiger partial charge in [0.1, 0.15) is 18.9 Å². The van der Waals surface area contributed by atoms with Crippen LogP contribution in [0.25, 0.3) is 0 Å². The molecule has 2 aliphatic heterocycles. The minimum atomic E-state index is 0.236. The van der Waals surface area contributed by atoms with E-state index in [-0.39, 0.29) is 5.92 Å². The number of quaternary nitrogens is 1. The second kappa shape index (κ2) is 10.1. The Kier molecular flexibility index (Phi) is 7.06. The first-order valence-electron chi connectivity index (χ1n) is 11.6. The van der Waals surface area contributed by atoms with Gasteiger partial charge in [-0.1, -0.05) is 49.4 Å². The average Bonchev–Trinajstić information content (AvgIpc) is 2.79. The lowest BCUT2D eigenvalue weighted by atomic mass is 9.92. The van der Waals surface area contributed by atoms with Gasteiger partial charge < -0.3 is 14.5 Å². The summed E-state index contributed by atoms with van der Waals surface area (Å²) in [5.41, 5.74) is 2.49. The number of piperidine rings is 2. The van der Waals surface area contributed by atoms with Gasteiger partial charge in [-0.2, -0.15) is 0 Å². The fourth-order valence-electron chi connectivity index (χ4n) is 4.87. The maximum atomic E-state index is 12.9. The third-order valence-electron chi connectivity index (χ3n) is 6.61. The smallest absolute Gasteiger partial charge is 0.226 e. The van der Waals surface area contributed by atoms with Gasteiger partial charge in [0.25, 0.3) is 0 Å². The van der Waals surface area contributed by atoms with Crippen LogP contribution >= 0.6 is 0 Å². The fraction of sp³-hybridized carbons (Fsp3) is 0.500. The highest BCUT2D eigenvalue weighted by Gasteiger charge is 2.32. The second-order valence-corrected chi connectivity index (χ2v) is 9.15. The molecule has 4 heteroatoms. The van der Waals surface area contributed by atoms with Crippen LogP contribution in [-0.4, -0.2) is 37.0 Å². The van der Waals surface area contributed by atoms with E-state index in [1.54, 1.807) is 4.90 Å². The molecule has 4 rings (SSSR count). The van der Waals surface area contributed by atoms with E-state index in [2.05, 4.69) is 42.2 Å². The summed E-state index contributed by atoms with van der Waals surface area (Å²) < 4.78 is 5.99. The number of nitrogens with one attached hydrogen (secondary N) is 1. The molecule has 1 amide bonds. The van der Waals surface area contributed by atoms with Crippen molar-refractivity contribution < 1.29 is 14.4 Å². The van der Waals surface area contributed by atoms with E-state index < -0.39 is 0 Å². The normalized spacial score (nSPS) is 24.4. The monoisotopic (exact) mass is 407 g/mol. The molecular formula is C26H35N2O2+. The molecule has 0 aromatic heterocycles. The molecule has 0 radical (unpaired) electrons. The first-order chi connectivity index (χ1) is 14.7. The van der Waals surface area contributed by atoms with Gasteiger partial charge in [-0.05, 0) is 36.5 Å². The molecule has 0 spiro atoms.